The van der Waals surface area contributed by atoms with Gasteiger partial charge in [0, 0.05) is 23.8 Å². The number of urea groups is 1. The van der Waals surface area contributed by atoms with E-state index < -0.39 is 0 Å². The Morgan fingerprint density at radius 1 is 1.45 bits per heavy atom. The van der Waals surface area contributed by atoms with Gasteiger partial charge < -0.3 is 10.6 Å². The molecule has 0 radical (unpaired) electrons. The standard InChI is InChI=1S/C15H17N3OS/c19-15(17-10-11-3-2-7-16-9-11)18-13-4-1-5-14-12(13)6-8-20-14/h2-3,6-9,13H,1,4-5,10H2,(H2,17,18,19). The van der Waals surface area contributed by atoms with Crippen LogP contribution in [0.1, 0.15) is 34.9 Å². The van der Waals surface area contributed by atoms with Crippen LogP contribution >= 0.6 is 11.3 Å². The van der Waals surface area contributed by atoms with Gasteiger partial charge in [0.15, 0.2) is 0 Å². The zero-order valence-corrected chi connectivity index (χ0v) is 12.0. The van der Waals surface area contributed by atoms with Gasteiger partial charge in [-0.15, -0.1) is 11.3 Å². The fourth-order valence-corrected chi connectivity index (χ4v) is 3.52. The van der Waals surface area contributed by atoms with Gasteiger partial charge in [-0.3, -0.25) is 4.98 Å². The second-order valence-corrected chi connectivity index (χ2v) is 5.93. The van der Waals surface area contributed by atoms with Crippen LogP contribution in [0.15, 0.2) is 36.0 Å². The van der Waals surface area contributed by atoms with E-state index in [1.807, 2.05) is 12.1 Å². The van der Waals surface area contributed by atoms with E-state index in [4.69, 9.17) is 0 Å². The van der Waals surface area contributed by atoms with Crippen molar-refractivity contribution in [3.05, 3.63) is 52.0 Å². The number of carbonyl (C=O) groups is 1. The number of carbonyl (C=O) groups excluding carboxylic acids is 1. The molecule has 4 nitrogen and oxygen atoms in total. The molecule has 2 N–H and O–H groups in total. The molecule has 1 aliphatic carbocycles. The third-order valence-electron chi connectivity index (χ3n) is 3.53. The lowest BCUT2D eigenvalue weighted by atomic mass is 9.94. The Morgan fingerprint density at radius 2 is 2.40 bits per heavy atom. The van der Waals surface area contributed by atoms with Crippen LogP contribution in [-0.2, 0) is 13.0 Å². The van der Waals surface area contributed by atoms with Gasteiger partial charge in [-0.2, -0.15) is 0 Å². The minimum atomic E-state index is -0.113. The molecular formula is C15H17N3OS. The fourth-order valence-electron chi connectivity index (χ4n) is 2.53. The number of hydrogen-bond acceptors (Lipinski definition) is 3. The molecule has 0 aromatic carbocycles. The Morgan fingerprint density at radius 3 is 3.25 bits per heavy atom. The Hall–Kier alpha value is -1.88. The second-order valence-electron chi connectivity index (χ2n) is 4.93. The zero-order valence-electron chi connectivity index (χ0n) is 11.1. The first kappa shape index (κ1) is 13.1. The molecule has 20 heavy (non-hydrogen) atoms. The molecule has 104 valence electrons. The highest BCUT2D eigenvalue weighted by atomic mass is 32.1. The molecule has 0 bridgehead atoms. The van der Waals surface area contributed by atoms with Crippen molar-refractivity contribution in [2.75, 3.05) is 0 Å². The number of thiophene rings is 1. The van der Waals surface area contributed by atoms with Crippen molar-refractivity contribution in [3.63, 3.8) is 0 Å². The summed E-state index contributed by atoms with van der Waals surface area (Å²) in [5.74, 6) is 0. The first-order chi connectivity index (χ1) is 9.83. The van der Waals surface area contributed by atoms with Crippen molar-refractivity contribution in [2.24, 2.45) is 0 Å². The normalized spacial score (nSPS) is 17.3. The number of rotatable bonds is 3. The highest BCUT2D eigenvalue weighted by molar-refractivity contribution is 7.10. The minimum Gasteiger partial charge on any atom is -0.334 e. The molecule has 1 atom stereocenters. The van der Waals surface area contributed by atoms with Gasteiger partial charge in [0.05, 0.1) is 6.04 Å². The van der Waals surface area contributed by atoms with Crippen molar-refractivity contribution in [3.8, 4) is 0 Å². The number of aryl methyl sites for hydroxylation is 1. The molecule has 0 saturated heterocycles. The van der Waals surface area contributed by atoms with Crippen molar-refractivity contribution in [1.29, 1.82) is 0 Å². The summed E-state index contributed by atoms with van der Waals surface area (Å²) in [4.78, 5) is 17.4. The van der Waals surface area contributed by atoms with Gasteiger partial charge in [-0.05, 0) is 47.9 Å². The summed E-state index contributed by atoms with van der Waals surface area (Å²) < 4.78 is 0. The van der Waals surface area contributed by atoms with Crippen LogP contribution in [0.2, 0.25) is 0 Å². The molecule has 0 saturated carbocycles. The maximum atomic E-state index is 12.0. The van der Waals surface area contributed by atoms with Crippen LogP contribution in [0.4, 0.5) is 4.79 Å². The number of aromatic nitrogens is 1. The molecule has 0 aliphatic heterocycles. The maximum absolute atomic E-state index is 12.0. The molecule has 1 aliphatic rings. The molecule has 2 heterocycles. The maximum Gasteiger partial charge on any atom is 0.315 e. The van der Waals surface area contributed by atoms with E-state index in [-0.39, 0.29) is 12.1 Å². The molecule has 2 aromatic rings. The van der Waals surface area contributed by atoms with Crippen LogP contribution in [-0.4, -0.2) is 11.0 Å². The van der Waals surface area contributed by atoms with Crippen molar-refractivity contribution < 1.29 is 4.79 Å². The summed E-state index contributed by atoms with van der Waals surface area (Å²) in [6.07, 6.45) is 6.79. The van der Waals surface area contributed by atoms with Crippen LogP contribution in [0.25, 0.3) is 0 Å². The third-order valence-corrected chi connectivity index (χ3v) is 4.53. The molecule has 0 spiro atoms. The van der Waals surface area contributed by atoms with E-state index >= 15 is 0 Å². The summed E-state index contributed by atoms with van der Waals surface area (Å²) in [6.45, 7) is 0.503. The molecule has 5 heteroatoms. The summed E-state index contributed by atoms with van der Waals surface area (Å²) in [7, 11) is 0. The predicted octanol–water partition coefficient (Wildman–Crippen LogP) is 3.02. The quantitative estimate of drug-likeness (QED) is 0.911. The van der Waals surface area contributed by atoms with Crippen LogP contribution < -0.4 is 10.6 Å². The number of nitrogens with one attached hydrogen (secondary N) is 2. The summed E-state index contributed by atoms with van der Waals surface area (Å²) in [5.41, 5.74) is 2.29. The van der Waals surface area contributed by atoms with Crippen molar-refractivity contribution in [1.82, 2.24) is 15.6 Å². The first-order valence-corrected chi connectivity index (χ1v) is 7.70. The van der Waals surface area contributed by atoms with E-state index in [0.29, 0.717) is 6.54 Å². The predicted molar refractivity (Wildman–Crippen MR) is 79.6 cm³/mol. The largest absolute Gasteiger partial charge is 0.334 e. The highest BCUT2D eigenvalue weighted by Gasteiger charge is 2.22. The van der Waals surface area contributed by atoms with Gasteiger partial charge in [0.1, 0.15) is 0 Å². The van der Waals surface area contributed by atoms with Gasteiger partial charge in [0.25, 0.3) is 0 Å². The van der Waals surface area contributed by atoms with Crippen LogP contribution in [0.3, 0.4) is 0 Å². The average Bonchev–Trinajstić information content (AvgIpc) is 2.96. The summed E-state index contributed by atoms with van der Waals surface area (Å²) >= 11 is 1.79. The number of pyridine rings is 1. The fraction of sp³-hybridized carbons (Fsp3) is 0.333. The van der Waals surface area contributed by atoms with Gasteiger partial charge in [-0.1, -0.05) is 6.07 Å². The second kappa shape index (κ2) is 6.05. The lowest BCUT2D eigenvalue weighted by Gasteiger charge is -2.23. The zero-order chi connectivity index (χ0) is 13.8. The Kier molecular flexibility index (Phi) is 3.97. The molecular weight excluding hydrogens is 270 g/mol. The number of hydrogen-bond donors (Lipinski definition) is 2. The molecule has 1 unspecified atom stereocenters. The summed E-state index contributed by atoms with van der Waals surface area (Å²) in [5, 5.41) is 8.06. The SMILES string of the molecule is O=C(NCc1cccnc1)NC1CCCc2sccc21. The van der Waals surface area contributed by atoms with E-state index in [0.717, 1.165) is 24.8 Å². The molecule has 2 amide bonds. The summed E-state index contributed by atoms with van der Waals surface area (Å²) in [6, 6.07) is 5.99. The average molecular weight is 287 g/mol. The Labute approximate surface area is 122 Å². The van der Waals surface area contributed by atoms with Crippen molar-refractivity contribution in [2.45, 2.75) is 31.8 Å². The van der Waals surface area contributed by atoms with Gasteiger partial charge in [-0.25, -0.2) is 4.79 Å². The number of fused-ring (bicyclic) bond motifs is 1. The molecule has 3 rings (SSSR count). The van der Waals surface area contributed by atoms with Gasteiger partial charge >= 0.3 is 6.03 Å². The van der Waals surface area contributed by atoms with Crippen LogP contribution in [0.5, 0.6) is 0 Å². The van der Waals surface area contributed by atoms with E-state index in [1.165, 1.54) is 10.4 Å². The Bertz CT molecular complexity index is 582. The topological polar surface area (TPSA) is 54.0 Å². The molecule has 2 aromatic heterocycles. The van der Waals surface area contributed by atoms with E-state index in [1.54, 1.807) is 23.7 Å². The molecule has 0 fully saturated rings. The highest BCUT2D eigenvalue weighted by Crippen LogP contribution is 2.33. The number of amides is 2. The smallest absolute Gasteiger partial charge is 0.315 e. The van der Waals surface area contributed by atoms with Crippen LogP contribution in [0, 0.1) is 0 Å². The Balaban J connectivity index is 1.55. The van der Waals surface area contributed by atoms with E-state index in [2.05, 4.69) is 27.1 Å². The third kappa shape index (κ3) is 2.99. The monoisotopic (exact) mass is 287 g/mol. The number of nitrogens with zero attached hydrogens (tertiary/aromatic N) is 1. The van der Waals surface area contributed by atoms with Gasteiger partial charge in [0.2, 0.25) is 0 Å². The lowest BCUT2D eigenvalue weighted by molar-refractivity contribution is 0.235. The van der Waals surface area contributed by atoms with Crippen molar-refractivity contribution >= 4 is 17.4 Å². The van der Waals surface area contributed by atoms with E-state index in [9.17, 15) is 4.79 Å². The lowest BCUT2D eigenvalue weighted by Crippen LogP contribution is -2.38. The first-order valence-electron chi connectivity index (χ1n) is 6.82. The minimum absolute atomic E-state index is 0.113.